The molecule has 0 saturated heterocycles. The summed E-state index contributed by atoms with van der Waals surface area (Å²) in [6.07, 6.45) is 3.43. The lowest BCUT2D eigenvalue weighted by atomic mass is 10.0. The van der Waals surface area contributed by atoms with Crippen molar-refractivity contribution in [1.29, 1.82) is 0 Å². The zero-order chi connectivity index (χ0) is 20.9. The van der Waals surface area contributed by atoms with Crippen LogP contribution in [0.15, 0.2) is 79.1 Å². The fourth-order valence-corrected chi connectivity index (χ4v) is 3.33. The van der Waals surface area contributed by atoms with E-state index in [4.69, 9.17) is 4.74 Å². The molecule has 1 N–H and O–H groups in total. The number of fused-ring (bicyclic) bond motifs is 1. The smallest absolute Gasteiger partial charge is 0.294 e. The number of hydrogen-bond acceptors (Lipinski definition) is 4. The molecule has 0 aliphatic rings. The molecular weight excluding hydrogens is 378 g/mol. The molecule has 0 radical (unpaired) electrons. The van der Waals surface area contributed by atoms with E-state index in [9.17, 15) is 9.59 Å². The Bertz CT molecular complexity index is 1180. The maximum Gasteiger partial charge on any atom is 0.294 e. The van der Waals surface area contributed by atoms with Crippen LogP contribution < -0.4 is 10.1 Å². The molecule has 3 heterocycles. The number of aromatic nitrogens is 2. The largest absolute Gasteiger partial charge is 0.494 e. The third kappa shape index (κ3) is 3.93. The molecule has 6 nitrogen and oxygen atoms in total. The van der Waals surface area contributed by atoms with Crippen molar-refractivity contribution in [3.8, 4) is 16.9 Å². The first kappa shape index (κ1) is 19.4. The van der Waals surface area contributed by atoms with Gasteiger partial charge in [0.2, 0.25) is 0 Å². The molecule has 1 aromatic carbocycles. The van der Waals surface area contributed by atoms with Crippen molar-refractivity contribution >= 4 is 17.2 Å². The SMILES string of the molecule is CCOc1ccc(-c2cc3ccccn3c2C(=O)C(=O)NCc2ccccn2)cc1. The first-order chi connectivity index (χ1) is 14.7. The van der Waals surface area contributed by atoms with Gasteiger partial charge in [-0.25, -0.2) is 0 Å². The molecule has 0 fully saturated rings. The van der Waals surface area contributed by atoms with Crippen LogP contribution in [0.1, 0.15) is 23.1 Å². The number of ketones is 1. The average Bonchev–Trinajstić information content (AvgIpc) is 3.18. The number of amides is 1. The van der Waals surface area contributed by atoms with Crippen molar-refractivity contribution in [2.75, 3.05) is 6.61 Å². The molecule has 0 aliphatic heterocycles. The molecule has 0 saturated carbocycles. The maximum atomic E-state index is 13.1. The van der Waals surface area contributed by atoms with Crippen molar-refractivity contribution in [2.45, 2.75) is 13.5 Å². The van der Waals surface area contributed by atoms with Gasteiger partial charge in [-0.3, -0.25) is 14.6 Å². The number of benzene rings is 1. The number of rotatable bonds is 7. The highest BCUT2D eigenvalue weighted by Gasteiger charge is 2.24. The van der Waals surface area contributed by atoms with Gasteiger partial charge in [-0.15, -0.1) is 0 Å². The lowest BCUT2D eigenvalue weighted by Crippen LogP contribution is -2.31. The summed E-state index contributed by atoms with van der Waals surface area (Å²) >= 11 is 0. The van der Waals surface area contributed by atoms with Crippen molar-refractivity contribution in [2.24, 2.45) is 0 Å². The number of ether oxygens (including phenoxy) is 1. The third-order valence-electron chi connectivity index (χ3n) is 4.73. The van der Waals surface area contributed by atoms with Gasteiger partial charge in [-0.05, 0) is 55.0 Å². The molecule has 0 aliphatic carbocycles. The quantitative estimate of drug-likeness (QED) is 0.378. The van der Waals surface area contributed by atoms with E-state index in [-0.39, 0.29) is 6.54 Å². The van der Waals surface area contributed by atoms with E-state index in [2.05, 4.69) is 10.3 Å². The standard InChI is InChI=1S/C24H21N3O3/c1-2-30-20-11-9-17(10-12-20)21-15-19-8-4-6-14-27(19)22(21)23(28)24(29)26-16-18-7-3-5-13-25-18/h3-15H,2,16H2,1H3,(H,26,29). The lowest BCUT2D eigenvalue weighted by Gasteiger charge is -2.08. The summed E-state index contributed by atoms with van der Waals surface area (Å²) in [4.78, 5) is 30.0. The van der Waals surface area contributed by atoms with E-state index in [1.54, 1.807) is 28.9 Å². The van der Waals surface area contributed by atoms with Gasteiger partial charge in [0.25, 0.3) is 11.7 Å². The van der Waals surface area contributed by atoms with Crippen LogP contribution in [-0.4, -0.2) is 27.7 Å². The van der Waals surface area contributed by atoms with E-state index >= 15 is 0 Å². The predicted molar refractivity (Wildman–Crippen MR) is 114 cm³/mol. The Hall–Kier alpha value is -3.93. The van der Waals surface area contributed by atoms with Gasteiger partial charge in [0.05, 0.1) is 18.8 Å². The van der Waals surface area contributed by atoms with Gasteiger partial charge in [0.1, 0.15) is 11.4 Å². The lowest BCUT2D eigenvalue weighted by molar-refractivity contribution is -0.117. The number of hydrogen-bond donors (Lipinski definition) is 1. The highest BCUT2D eigenvalue weighted by Crippen LogP contribution is 2.29. The molecule has 3 aromatic heterocycles. The summed E-state index contributed by atoms with van der Waals surface area (Å²) in [5.41, 5.74) is 3.38. The van der Waals surface area contributed by atoms with Crippen LogP contribution in [0.25, 0.3) is 16.6 Å². The van der Waals surface area contributed by atoms with Crippen LogP contribution in [0.2, 0.25) is 0 Å². The van der Waals surface area contributed by atoms with E-state index in [0.29, 0.717) is 23.6 Å². The van der Waals surface area contributed by atoms with Crippen LogP contribution in [0.3, 0.4) is 0 Å². The molecular formula is C24H21N3O3. The molecule has 0 spiro atoms. The molecule has 0 unspecified atom stereocenters. The number of carbonyl (C=O) groups is 2. The summed E-state index contributed by atoms with van der Waals surface area (Å²) in [6.45, 7) is 2.69. The average molecular weight is 399 g/mol. The van der Waals surface area contributed by atoms with E-state index in [0.717, 1.165) is 16.8 Å². The minimum atomic E-state index is -0.670. The second-order valence-electron chi connectivity index (χ2n) is 6.69. The van der Waals surface area contributed by atoms with Gasteiger partial charge in [0.15, 0.2) is 0 Å². The highest BCUT2D eigenvalue weighted by molar-refractivity contribution is 6.43. The molecule has 1 amide bonds. The molecule has 0 atom stereocenters. The van der Waals surface area contributed by atoms with Crippen LogP contribution >= 0.6 is 0 Å². The Labute approximate surface area is 174 Å². The maximum absolute atomic E-state index is 13.1. The van der Waals surface area contributed by atoms with Crippen LogP contribution in [0, 0.1) is 0 Å². The summed E-state index contributed by atoms with van der Waals surface area (Å²) in [6, 6.07) is 20.5. The number of Topliss-reactive ketones (excluding diaryl/α,β-unsaturated/α-hetero) is 1. The Balaban J connectivity index is 1.67. The molecule has 150 valence electrons. The number of nitrogens with one attached hydrogen (secondary N) is 1. The summed E-state index contributed by atoms with van der Waals surface area (Å²) in [5.74, 6) is -0.510. The Kier molecular flexibility index (Phi) is 5.57. The van der Waals surface area contributed by atoms with Crippen molar-refractivity contribution < 1.29 is 14.3 Å². The predicted octanol–water partition coefficient (Wildman–Crippen LogP) is 3.90. The van der Waals surface area contributed by atoms with Gasteiger partial charge in [-0.2, -0.15) is 0 Å². The van der Waals surface area contributed by atoms with Gasteiger partial charge in [0, 0.05) is 23.5 Å². The Morgan fingerprint density at radius 1 is 1.03 bits per heavy atom. The first-order valence-electron chi connectivity index (χ1n) is 9.73. The van der Waals surface area contributed by atoms with Crippen LogP contribution in [0.5, 0.6) is 5.75 Å². The Morgan fingerprint density at radius 3 is 2.57 bits per heavy atom. The fourth-order valence-electron chi connectivity index (χ4n) is 3.33. The van der Waals surface area contributed by atoms with E-state index < -0.39 is 11.7 Å². The minimum absolute atomic E-state index is 0.188. The number of carbonyl (C=O) groups excluding carboxylic acids is 2. The molecule has 6 heteroatoms. The van der Waals surface area contributed by atoms with E-state index in [1.807, 2.05) is 61.5 Å². The normalized spacial score (nSPS) is 10.7. The zero-order valence-corrected chi connectivity index (χ0v) is 16.5. The summed E-state index contributed by atoms with van der Waals surface area (Å²) in [5, 5.41) is 2.67. The molecule has 0 bridgehead atoms. The van der Waals surface area contributed by atoms with Gasteiger partial charge >= 0.3 is 0 Å². The first-order valence-corrected chi connectivity index (χ1v) is 9.73. The van der Waals surface area contributed by atoms with Crippen molar-refractivity contribution in [1.82, 2.24) is 14.7 Å². The Morgan fingerprint density at radius 2 is 1.83 bits per heavy atom. The van der Waals surface area contributed by atoms with Crippen LogP contribution in [0.4, 0.5) is 0 Å². The topological polar surface area (TPSA) is 72.7 Å². The van der Waals surface area contributed by atoms with Gasteiger partial charge < -0.3 is 14.5 Å². The molecule has 4 aromatic rings. The second kappa shape index (κ2) is 8.61. The van der Waals surface area contributed by atoms with E-state index in [1.165, 1.54) is 0 Å². The monoisotopic (exact) mass is 399 g/mol. The summed E-state index contributed by atoms with van der Waals surface area (Å²) < 4.78 is 7.25. The third-order valence-corrected chi connectivity index (χ3v) is 4.73. The minimum Gasteiger partial charge on any atom is -0.494 e. The van der Waals surface area contributed by atoms with Gasteiger partial charge in [-0.1, -0.05) is 24.3 Å². The van der Waals surface area contributed by atoms with Crippen molar-refractivity contribution in [3.05, 3.63) is 90.5 Å². The number of nitrogens with zero attached hydrogens (tertiary/aromatic N) is 2. The highest BCUT2D eigenvalue weighted by atomic mass is 16.5. The van der Waals surface area contributed by atoms with Crippen LogP contribution in [-0.2, 0) is 11.3 Å². The second-order valence-corrected chi connectivity index (χ2v) is 6.69. The molecule has 30 heavy (non-hydrogen) atoms. The molecule has 4 rings (SSSR count). The number of pyridine rings is 2. The fraction of sp³-hybridized carbons (Fsp3) is 0.125. The zero-order valence-electron chi connectivity index (χ0n) is 16.5. The van der Waals surface area contributed by atoms with Crippen molar-refractivity contribution in [3.63, 3.8) is 0 Å². The summed E-state index contributed by atoms with van der Waals surface area (Å²) in [7, 11) is 0.